The first kappa shape index (κ1) is 27.5. The third-order valence-electron chi connectivity index (χ3n) is 9.85. The molecule has 0 aliphatic heterocycles. The summed E-state index contributed by atoms with van der Waals surface area (Å²) in [4.78, 5) is 0. The van der Waals surface area contributed by atoms with E-state index in [-0.39, 0.29) is 0 Å². The summed E-state index contributed by atoms with van der Waals surface area (Å²) in [6.07, 6.45) is 0. The van der Waals surface area contributed by atoms with Gasteiger partial charge in [-0.3, -0.25) is 0 Å². The van der Waals surface area contributed by atoms with Crippen LogP contribution in [0, 0.1) is 41.5 Å². The summed E-state index contributed by atoms with van der Waals surface area (Å²) in [7, 11) is 0. The van der Waals surface area contributed by atoms with E-state index in [0.29, 0.717) is 0 Å². The lowest BCUT2D eigenvalue weighted by Gasteiger charge is -2.39. The summed E-state index contributed by atoms with van der Waals surface area (Å²) in [5.74, 6) is 0. The molecule has 2 nitrogen and oxygen atoms in total. The second-order valence-electron chi connectivity index (χ2n) is 13.0. The first-order valence-electron chi connectivity index (χ1n) is 15.9. The Morgan fingerprint density at radius 2 is 1.04 bits per heavy atom. The van der Waals surface area contributed by atoms with Crippen LogP contribution in [0.1, 0.15) is 55.6 Å². The molecule has 8 rings (SSSR count). The topological polar surface area (TPSA) is 25.2 Å². The molecule has 0 saturated carbocycles. The summed E-state index contributed by atoms with van der Waals surface area (Å²) >= 11 is 0. The van der Waals surface area contributed by atoms with Crippen LogP contribution in [0.2, 0.25) is 0 Å². The lowest BCUT2D eigenvalue weighted by Crippen LogP contribution is -2.32. The Balaban J connectivity index is 1.47. The second-order valence-corrected chi connectivity index (χ2v) is 13.0. The molecule has 0 radical (unpaired) electrons. The zero-order chi connectivity index (χ0) is 31.0. The predicted molar refractivity (Wildman–Crippen MR) is 189 cm³/mol. The lowest BCUT2D eigenvalue weighted by molar-refractivity contribution is 0.670. The fraction of sp³-hybridized carbons (Fsp3) is 0.163. The monoisotopic (exact) mass is 583 g/mol. The molecule has 1 aromatic heterocycles. The predicted octanol–water partition coefficient (Wildman–Crippen LogP) is 11.5. The number of hydrogen-bond acceptors (Lipinski definition) is 2. The minimum absolute atomic E-state index is 0.473. The van der Waals surface area contributed by atoms with E-state index >= 15 is 0 Å². The molecule has 45 heavy (non-hydrogen) atoms. The van der Waals surface area contributed by atoms with Gasteiger partial charge in [0, 0.05) is 22.0 Å². The zero-order valence-corrected chi connectivity index (χ0v) is 26.8. The molecule has 220 valence electrons. The van der Waals surface area contributed by atoms with Crippen molar-refractivity contribution in [3.05, 3.63) is 165 Å². The first-order chi connectivity index (χ1) is 21.8. The van der Waals surface area contributed by atoms with Crippen LogP contribution in [0.15, 0.2) is 114 Å². The number of aryl methyl sites for hydroxylation is 6. The number of benzene rings is 6. The summed E-state index contributed by atoms with van der Waals surface area (Å²) in [5.41, 5.74) is 19.2. The van der Waals surface area contributed by atoms with Crippen molar-refractivity contribution in [3.63, 3.8) is 0 Å². The van der Waals surface area contributed by atoms with Crippen molar-refractivity contribution >= 4 is 33.3 Å². The van der Waals surface area contributed by atoms with Gasteiger partial charge in [-0.1, -0.05) is 102 Å². The van der Waals surface area contributed by atoms with Gasteiger partial charge in [0.15, 0.2) is 5.58 Å². The molecule has 0 spiro atoms. The Labute approximate surface area is 265 Å². The van der Waals surface area contributed by atoms with Crippen LogP contribution in [0.5, 0.6) is 0 Å². The van der Waals surface area contributed by atoms with E-state index in [4.69, 9.17) is 4.42 Å². The maximum absolute atomic E-state index is 6.45. The van der Waals surface area contributed by atoms with Gasteiger partial charge in [-0.05, 0) is 110 Å². The fourth-order valence-electron chi connectivity index (χ4n) is 8.63. The Morgan fingerprint density at radius 1 is 0.511 bits per heavy atom. The van der Waals surface area contributed by atoms with Gasteiger partial charge in [0.25, 0.3) is 0 Å². The molecule has 1 aliphatic rings. The molecule has 6 aromatic carbocycles. The normalized spacial score (nSPS) is 13.3. The van der Waals surface area contributed by atoms with Gasteiger partial charge in [0.1, 0.15) is 5.58 Å². The Morgan fingerprint density at radius 3 is 1.73 bits per heavy atom. The van der Waals surface area contributed by atoms with Crippen molar-refractivity contribution in [2.45, 2.75) is 47.0 Å². The standard InChI is InChI=1S/C43H37NO/c1-25-21-27(3)40(28(4)22-25)43(41-29(5)23-26(2)24-30(41)6)34-16-9-7-14-33(34)39-35(43)17-12-18-36(39)44-37-19-11-15-32-31-13-8-10-20-38(31)45-42(32)37/h7-24,44H,1-6H3. The third kappa shape index (κ3) is 3.88. The number of rotatable bonds is 4. The molecule has 7 aromatic rings. The highest BCUT2D eigenvalue weighted by molar-refractivity contribution is 6.09. The lowest BCUT2D eigenvalue weighted by atomic mass is 9.63. The van der Waals surface area contributed by atoms with Crippen molar-refractivity contribution in [2.75, 3.05) is 5.32 Å². The van der Waals surface area contributed by atoms with Crippen LogP contribution < -0.4 is 5.32 Å². The average Bonchev–Trinajstić information content (AvgIpc) is 3.52. The van der Waals surface area contributed by atoms with Gasteiger partial charge in [-0.25, -0.2) is 0 Å². The fourth-order valence-corrected chi connectivity index (χ4v) is 8.63. The van der Waals surface area contributed by atoms with Crippen molar-refractivity contribution in [3.8, 4) is 11.1 Å². The van der Waals surface area contributed by atoms with Crippen molar-refractivity contribution in [1.82, 2.24) is 0 Å². The van der Waals surface area contributed by atoms with E-state index in [2.05, 4.69) is 144 Å². The van der Waals surface area contributed by atoms with Crippen molar-refractivity contribution in [2.24, 2.45) is 0 Å². The van der Waals surface area contributed by atoms with E-state index < -0.39 is 5.41 Å². The smallest absolute Gasteiger partial charge is 0.158 e. The number of anilines is 2. The summed E-state index contributed by atoms with van der Waals surface area (Å²) in [6, 6.07) is 39.9. The largest absolute Gasteiger partial charge is 0.454 e. The average molecular weight is 584 g/mol. The maximum atomic E-state index is 6.45. The SMILES string of the molecule is Cc1cc(C)c(C2(c3c(C)cc(C)cc3C)c3ccccc3-c3c(Nc4cccc5c4oc4ccccc45)cccc32)c(C)c1. The van der Waals surface area contributed by atoms with Gasteiger partial charge in [-0.2, -0.15) is 0 Å². The molecule has 0 bridgehead atoms. The van der Waals surface area contributed by atoms with E-state index in [0.717, 1.165) is 33.3 Å². The van der Waals surface area contributed by atoms with E-state index in [9.17, 15) is 0 Å². The van der Waals surface area contributed by atoms with Crippen LogP contribution in [0.4, 0.5) is 11.4 Å². The Kier molecular flexibility index (Phi) is 6.09. The van der Waals surface area contributed by atoms with Crippen molar-refractivity contribution in [1.29, 1.82) is 0 Å². The minimum Gasteiger partial charge on any atom is -0.454 e. The number of fused-ring (bicyclic) bond motifs is 6. The molecular weight excluding hydrogens is 546 g/mol. The highest BCUT2D eigenvalue weighted by atomic mass is 16.3. The van der Waals surface area contributed by atoms with Crippen LogP contribution in [-0.2, 0) is 5.41 Å². The number of hydrogen-bond donors (Lipinski definition) is 1. The molecule has 1 N–H and O–H groups in total. The van der Waals surface area contributed by atoms with Crippen molar-refractivity contribution < 1.29 is 4.42 Å². The van der Waals surface area contributed by atoms with E-state index in [1.54, 1.807) is 0 Å². The molecule has 1 aliphatic carbocycles. The van der Waals surface area contributed by atoms with Crippen LogP contribution in [-0.4, -0.2) is 0 Å². The van der Waals surface area contributed by atoms with Gasteiger partial charge < -0.3 is 9.73 Å². The van der Waals surface area contributed by atoms with Gasteiger partial charge >= 0.3 is 0 Å². The minimum atomic E-state index is -0.473. The molecule has 0 atom stereocenters. The molecule has 2 heteroatoms. The summed E-state index contributed by atoms with van der Waals surface area (Å²) in [5, 5.41) is 6.13. The third-order valence-corrected chi connectivity index (χ3v) is 9.85. The zero-order valence-electron chi connectivity index (χ0n) is 26.8. The first-order valence-corrected chi connectivity index (χ1v) is 15.9. The Hall–Kier alpha value is -5.08. The molecule has 0 amide bonds. The quantitative estimate of drug-likeness (QED) is 0.223. The van der Waals surface area contributed by atoms with Gasteiger partial charge in [0.05, 0.1) is 11.1 Å². The molecule has 0 fully saturated rings. The van der Waals surface area contributed by atoms with Crippen LogP contribution in [0.3, 0.4) is 0 Å². The van der Waals surface area contributed by atoms with Gasteiger partial charge in [0.2, 0.25) is 0 Å². The maximum Gasteiger partial charge on any atom is 0.158 e. The number of furan rings is 1. The molecule has 0 unspecified atom stereocenters. The van der Waals surface area contributed by atoms with Gasteiger partial charge in [-0.15, -0.1) is 0 Å². The van der Waals surface area contributed by atoms with E-state index in [1.165, 1.54) is 66.8 Å². The van der Waals surface area contributed by atoms with E-state index in [1.807, 2.05) is 12.1 Å². The highest BCUT2D eigenvalue weighted by Gasteiger charge is 2.49. The number of nitrogens with one attached hydrogen (secondary N) is 1. The second kappa shape index (κ2) is 9.97. The number of para-hydroxylation sites is 2. The molecule has 0 saturated heterocycles. The van der Waals surface area contributed by atoms with Crippen LogP contribution in [0.25, 0.3) is 33.1 Å². The highest BCUT2D eigenvalue weighted by Crippen LogP contribution is 2.60. The summed E-state index contributed by atoms with van der Waals surface area (Å²) < 4.78 is 6.45. The Bertz CT molecular complexity index is 2210. The molecular formula is C43H37NO. The molecule has 1 heterocycles. The summed E-state index contributed by atoms with van der Waals surface area (Å²) in [6.45, 7) is 13.6. The van der Waals surface area contributed by atoms with Crippen LogP contribution >= 0.6 is 0 Å².